The number of hydrogen-bond donors (Lipinski definition) is 1. The maximum Gasteiger partial charge on any atom is 0.337 e. The summed E-state index contributed by atoms with van der Waals surface area (Å²) in [7, 11) is 0. The fourth-order valence-corrected chi connectivity index (χ4v) is 2.73. The maximum absolute atomic E-state index is 13.1. The number of benzene rings is 3. The normalized spacial score (nSPS) is 10.3. The summed E-state index contributed by atoms with van der Waals surface area (Å²) in [5.74, 6) is -1.46. The van der Waals surface area contributed by atoms with Gasteiger partial charge in [0, 0.05) is 16.3 Å². The Bertz CT molecular complexity index is 925. The molecular formula is C20H14ClNO3. The number of anilines is 2. The van der Waals surface area contributed by atoms with Gasteiger partial charge in [0.25, 0.3) is 5.91 Å². The van der Waals surface area contributed by atoms with Crippen LogP contribution in [0.25, 0.3) is 0 Å². The zero-order chi connectivity index (χ0) is 17.8. The van der Waals surface area contributed by atoms with Crippen LogP contribution < -0.4 is 4.90 Å². The summed E-state index contributed by atoms with van der Waals surface area (Å²) < 4.78 is 0. The zero-order valence-electron chi connectivity index (χ0n) is 13.1. The van der Waals surface area contributed by atoms with Crippen LogP contribution in [0, 0.1) is 0 Å². The van der Waals surface area contributed by atoms with Gasteiger partial charge in [-0.05, 0) is 42.5 Å². The Labute approximate surface area is 149 Å². The van der Waals surface area contributed by atoms with E-state index in [0.29, 0.717) is 22.0 Å². The topological polar surface area (TPSA) is 57.6 Å². The first-order valence-electron chi connectivity index (χ1n) is 7.55. The van der Waals surface area contributed by atoms with E-state index >= 15 is 0 Å². The van der Waals surface area contributed by atoms with Gasteiger partial charge >= 0.3 is 5.97 Å². The number of aromatic carboxylic acids is 1. The van der Waals surface area contributed by atoms with E-state index < -0.39 is 5.97 Å². The lowest BCUT2D eigenvalue weighted by Crippen LogP contribution is -2.27. The lowest BCUT2D eigenvalue weighted by atomic mass is 10.1. The third-order valence-electron chi connectivity index (χ3n) is 3.66. The molecule has 3 aromatic carbocycles. The fourth-order valence-electron chi connectivity index (χ4n) is 2.54. The van der Waals surface area contributed by atoms with Gasteiger partial charge in [0.15, 0.2) is 0 Å². The van der Waals surface area contributed by atoms with Crippen molar-refractivity contribution in [3.05, 3.63) is 95.0 Å². The van der Waals surface area contributed by atoms with Crippen LogP contribution in [0.4, 0.5) is 11.4 Å². The van der Waals surface area contributed by atoms with Gasteiger partial charge < -0.3 is 5.11 Å². The third kappa shape index (κ3) is 3.54. The average Bonchev–Trinajstić information content (AvgIpc) is 2.63. The van der Waals surface area contributed by atoms with Crippen LogP contribution in [0.15, 0.2) is 78.9 Å². The molecule has 0 unspecified atom stereocenters. The van der Waals surface area contributed by atoms with E-state index in [0.717, 1.165) is 0 Å². The van der Waals surface area contributed by atoms with Crippen molar-refractivity contribution in [2.75, 3.05) is 4.90 Å². The lowest BCUT2D eigenvalue weighted by Gasteiger charge is -2.24. The Morgan fingerprint density at radius 1 is 0.840 bits per heavy atom. The van der Waals surface area contributed by atoms with E-state index in [9.17, 15) is 14.7 Å². The average molecular weight is 352 g/mol. The summed E-state index contributed by atoms with van der Waals surface area (Å²) >= 11 is 6.00. The highest BCUT2D eigenvalue weighted by Gasteiger charge is 2.24. The molecule has 3 aromatic rings. The summed E-state index contributed by atoms with van der Waals surface area (Å²) in [6.07, 6.45) is 0. The zero-order valence-corrected chi connectivity index (χ0v) is 13.9. The highest BCUT2D eigenvalue weighted by atomic mass is 35.5. The second-order valence-electron chi connectivity index (χ2n) is 5.31. The first kappa shape index (κ1) is 16.7. The Balaban J connectivity index is 2.18. The summed E-state index contributed by atoms with van der Waals surface area (Å²) in [5, 5.41) is 9.93. The lowest BCUT2D eigenvalue weighted by molar-refractivity contribution is 0.0698. The molecule has 0 fully saturated rings. The van der Waals surface area contributed by atoms with Crippen molar-refractivity contribution in [2.24, 2.45) is 0 Å². The molecule has 0 aliphatic carbocycles. The molecule has 1 N–H and O–H groups in total. The second-order valence-corrected chi connectivity index (χ2v) is 5.75. The molecule has 0 bridgehead atoms. The number of carboxylic acids is 1. The number of hydrogen-bond acceptors (Lipinski definition) is 2. The van der Waals surface area contributed by atoms with Crippen LogP contribution in [0.3, 0.4) is 0 Å². The van der Waals surface area contributed by atoms with Crippen LogP contribution in [-0.4, -0.2) is 17.0 Å². The standard InChI is InChI=1S/C20H14ClNO3/c21-15-8-6-7-14(13-15)19(23)22(16-9-2-1-3-10-16)18-12-5-4-11-17(18)20(24)25/h1-13H,(H,24,25). The molecule has 0 atom stereocenters. The monoisotopic (exact) mass is 351 g/mol. The van der Waals surface area contributed by atoms with Crippen molar-refractivity contribution in [1.29, 1.82) is 0 Å². The number of rotatable bonds is 4. The number of nitrogens with zero attached hydrogens (tertiary/aromatic N) is 1. The van der Waals surface area contributed by atoms with E-state index in [1.54, 1.807) is 66.7 Å². The minimum Gasteiger partial charge on any atom is -0.478 e. The minimum absolute atomic E-state index is 0.0433. The van der Waals surface area contributed by atoms with Crippen molar-refractivity contribution < 1.29 is 14.7 Å². The van der Waals surface area contributed by atoms with Crippen LogP contribution in [0.1, 0.15) is 20.7 Å². The van der Waals surface area contributed by atoms with Crippen molar-refractivity contribution >= 4 is 34.9 Å². The van der Waals surface area contributed by atoms with Gasteiger partial charge in [-0.15, -0.1) is 0 Å². The van der Waals surface area contributed by atoms with Crippen LogP contribution in [0.5, 0.6) is 0 Å². The van der Waals surface area contributed by atoms with Gasteiger partial charge in [-0.2, -0.15) is 0 Å². The van der Waals surface area contributed by atoms with Crippen molar-refractivity contribution in [1.82, 2.24) is 0 Å². The molecule has 0 aromatic heterocycles. The largest absolute Gasteiger partial charge is 0.478 e. The predicted octanol–water partition coefficient (Wildman–Crippen LogP) is 5.02. The van der Waals surface area contributed by atoms with E-state index in [1.807, 2.05) is 6.07 Å². The highest BCUT2D eigenvalue weighted by Crippen LogP contribution is 2.31. The molecule has 0 saturated heterocycles. The summed E-state index contributed by atoms with van der Waals surface area (Å²) in [5.41, 5.74) is 1.28. The summed E-state index contributed by atoms with van der Waals surface area (Å²) in [6.45, 7) is 0. The molecule has 25 heavy (non-hydrogen) atoms. The quantitative estimate of drug-likeness (QED) is 0.718. The van der Waals surface area contributed by atoms with Crippen molar-refractivity contribution in [3.63, 3.8) is 0 Å². The van der Waals surface area contributed by atoms with Gasteiger partial charge in [-0.1, -0.05) is 48.0 Å². The number of carboxylic acid groups (broad SMARTS) is 1. The number of halogens is 1. The smallest absolute Gasteiger partial charge is 0.337 e. The van der Waals surface area contributed by atoms with Crippen LogP contribution in [-0.2, 0) is 0 Å². The van der Waals surface area contributed by atoms with Crippen LogP contribution >= 0.6 is 11.6 Å². The number of carbonyl (C=O) groups is 2. The minimum atomic E-state index is -1.10. The second kappa shape index (κ2) is 7.20. The van der Waals surface area contributed by atoms with E-state index in [4.69, 9.17) is 11.6 Å². The first-order valence-corrected chi connectivity index (χ1v) is 7.93. The number of para-hydroxylation sites is 2. The molecule has 0 aliphatic heterocycles. The van der Waals surface area contributed by atoms with Gasteiger partial charge in [0.2, 0.25) is 0 Å². The molecular weight excluding hydrogens is 338 g/mol. The van der Waals surface area contributed by atoms with Gasteiger partial charge in [-0.3, -0.25) is 9.69 Å². The van der Waals surface area contributed by atoms with Crippen LogP contribution in [0.2, 0.25) is 5.02 Å². The molecule has 0 saturated carbocycles. The molecule has 0 spiro atoms. The Morgan fingerprint density at radius 3 is 2.20 bits per heavy atom. The Hall–Kier alpha value is -3.11. The molecule has 1 amide bonds. The van der Waals surface area contributed by atoms with Crippen molar-refractivity contribution in [3.8, 4) is 0 Å². The molecule has 0 heterocycles. The van der Waals surface area contributed by atoms with Gasteiger partial charge in [0.05, 0.1) is 11.3 Å². The molecule has 4 nitrogen and oxygen atoms in total. The van der Waals surface area contributed by atoms with E-state index in [-0.39, 0.29) is 11.5 Å². The fraction of sp³-hybridized carbons (Fsp3) is 0. The predicted molar refractivity (Wildman–Crippen MR) is 97.8 cm³/mol. The van der Waals surface area contributed by atoms with Gasteiger partial charge in [0.1, 0.15) is 0 Å². The van der Waals surface area contributed by atoms with Gasteiger partial charge in [-0.25, -0.2) is 4.79 Å². The Kier molecular flexibility index (Phi) is 4.82. The third-order valence-corrected chi connectivity index (χ3v) is 3.90. The Morgan fingerprint density at radius 2 is 1.52 bits per heavy atom. The first-order chi connectivity index (χ1) is 12.1. The van der Waals surface area contributed by atoms with E-state index in [1.165, 1.54) is 11.0 Å². The summed E-state index contributed by atoms with van der Waals surface area (Å²) in [6, 6.07) is 21.9. The molecule has 124 valence electrons. The summed E-state index contributed by atoms with van der Waals surface area (Å²) in [4.78, 5) is 26.1. The molecule has 5 heteroatoms. The maximum atomic E-state index is 13.1. The number of carbonyl (C=O) groups excluding carboxylic acids is 1. The molecule has 3 rings (SSSR count). The molecule has 0 aliphatic rings. The molecule has 0 radical (unpaired) electrons. The highest BCUT2D eigenvalue weighted by molar-refractivity contribution is 6.31. The SMILES string of the molecule is O=C(O)c1ccccc1N(C(=O)c1cccc(Cl)c1)c1ccccc1. The van der Waals surface area contributed by atoms with Crippen molar-refractivity contribution in [2.45, 2.75) is 0 Å². The van der Waals surface area contributed by atoms with E-state index in [2.05, 4.69) is 0 Å². The number of amides is 1.